The van der Waals surface area contributed by atoms with Crippen LogP contribution in [0.5, 0.6) is 0 Å². The van der Waals surface area contributed by atoms with Gasteiger partial charge in [-0.2, -0.15) is 0 Å². The molecular weight excluding hydrogens is 393 g/mol. The number of benzene rings is 1. The molecule has 27 heavy (non-hydrogen) atoms. The summed E-state index contributed by atoms with van der Waals surface area (Å²) in [7, 11) is -3.04. The largest absolute Gasteiger partial charge is 0.281 e. The molecule has 10 heteroatoms. The standard InChI is InChI=1S/C17H18FN3O4S2/c1-10-15(26-17(19-10)12-2-4-13(18)5-3-12)16(23)21-20-14(22)8-11-6-7-27(24,25)9-11/h2-5,11H,6-9H2,1H3,(H,20,22)(H,21,23). The number of rotatable bonds is 4. The van der Waals surface area contributed by atoms with E-state index in [4.69, 9.17) is 0 Å². The molecule has 7 nitrogen and oxygen atoms in total. The average molecular weight is 411 g/mol. The number of carbonyl (C=O) groups excluding carboxylic acids is 2. The van der Waals surface area contributed by atoms with Gasteiger partial charge in [-0.05, 0) is 43.5 Å². The van der Waals surface area contributed by atoms with E-state index in [9.17, 15) is 22.4 Å². The summed E-state index contributed by atoms with van der Waals surface area (Å²) in [4.78, 5) is 28.9. The predicted molar refractivity (Wildman–Crippen MR) is 99.2 cm³/mol. The van der Waals surface area contributed by atoms with Crippen LogP contribution in [-0.2, 0) is 14.6 Å². The van der Waals surface area contributed by atoms with Crippen molar-refractivity contribution in [1.29, 1.82) is 0 Å². The number of sulfone groups is 1. The SMILES string of the molecule is Cc1nc(-c2ccc(F)cc2)sc1C(=O)NNC(=O)CC1CCS(=O)(=O)C1. The molecule has 0 radical (unpaired) electrons. The lowest BCUT2D eigenvalue weighted by Gasteiger charge is -2.09. The van der Waals surface area contributed by atoms with Gasteiger partial charge < -0.3 is 0 Å². The van der Waals surface area contributed by atoms with Crippen LogP contribution in [0.15, 0.2) is 24.3 Å². The van der Waals surface area contributed by atoms with Crippen molar-refractivity contribution in [2.45, 2.75) is 19.8 Å². The second kappa shape index (κ2) is 7.73. The fourth-order valence-corrected chi connectivity index (χ4v) is 5.68. The van der Waals surface area contributed by atoms with Gasteiger partial charge in [-0.25, -0.2) is 17.8 Å². The number of hydrogen-bond acceptors (Lipinski definition) is 6. The molecular formula is C17H18FN3O4S2. The molecule has 0 aliphatic carbocycles. The molecule has 1 unspecified atom stereocenters. The van der Waals surface area contributed by atoms with Gasteiger partial charge in [-0.1, -0.05) is 0 Å². The summed E-state index contributed by atoms with van der Waals surface area (Å²) in [5, 5.41) is 0.570. The highest BCUT2D eigenvalue weighted by Gasteiger charge is 2.29. The molecule has 0 bridgehead atoms. The van der Waals surface area contributed by atoms with Gasteiger partial charge in [0.25, 0.3) is 5.91 Å². The monoisotopic (exact) mass is 411 g/mol. The molecule has 0 spiro atoms. The quantitative estimate of drug-likeness (QED) is 0.747. The maximum atomic E-state index is 13.0. The van der Waals surface area contributed by atoms with Crippen LogP contribution >= 0.6 is 11.3 Å². The van der Waals surface area contributed by atoms with Crippen LogP contribution in [0.4, 0.5) is 4.39 Å². The third-order valence-electron chi connectivity index (χ3n) is 4.21. The Morgan fingerprint density at radius 3 is 2.59 bits per heavy atom. The molecule has 1 aromatic carbocycles. The Bertz CT molecular complexity index is 971. The molecule has 1 aliphatic rings. The van der Waals surface area contributed by atoms with E-state index in [0.717, 1.165) is 11.3 Å². The number of nitrogens with one attached hydrogen (secondary N) is 2. The van der Waals surface area contributed by atoms with Crippen LogP contribution in [0.2, 0.25) is 0 Å². The van der Waals surface area contributed by atoms with Crippen LogP contribution < -0.4 is 10.9 Å². The van der Waals surface area contributed by atoms with E-state index in [0.29, 0.717) is 27.6 Å². The van der Waals surface area contributed by atoms with E-state index in [1.54, 1.807) is 19.1 Å². The molecule has 1 aliphatic heterocycles. The maximum Gasteiger partial charge on any atom is 0.281 e. The first-order valence-corrected chi connectivity index (χ1v) is 10.9. The number of aryl methyl sites for hydroxylation is 1. The van der Waals surface area contributed by atoms with Crippen LogP contribution in [0.1, 0.15) is 28.2 Å². The molecule has 1 atom stereocenters. The van der Waals surface area contributed by atoms with Gasteiger partial charge in [-0.15, -0.1) is 11.3 Å². The Morgan fingerprint density at radius 1 is 1.26 bits per heavy atom. The zero-order valence-electron chi connectivity index (χ0n) is 14.5. The van der Waals surface area contributed by atoms with E-state index in [-0.39, 0.29) is 29.7 Å². The van der Waals surface area contributed by atoms with Crippen molar-refractivity contribution in [2.24, 2.45) is 5.92 Å². The smallest absolute Gasteiger partial charge is 0.273 e. The fourth-order valence-electron chi connectivity index (χ4n) is 2.85. The van der Waals surface area contributed by atoms with Crippen molar-refractivity contribution in [3.63, 3.8) is 0 Å². The number of carbonyl (C=O) groups is 2. The predicted octanol–water partition coefficient (Wildman–Crippen LogP) is 1.84. The van der Waals surface area contributed by atoms with Gasteiger partial charge in [0.05, 0.1) is 17.2 Å². The van der Waals surface area contributed by atoms with E-state index in [1.807, 2.05) is 0 Å². The number of nitrogens with zero attached hydrogens (tertiary/aromatic N) is 1. The highest BCUT2D eigenvalue weighted by atomic mass is 32.2. The minimum Gasteiger partial charge on any atom is -0.273 e. The second-order valence-electron chi connectivity index (χ2n) is 6.42. The molecule has 2 heterocycles. The zero-order chi connectivity index (χ0) is 19.6. The summed E-state index contributed by atoms with van der Waals surface area (Å²) in [5.74, 6) is -1.42. The third kappa shape index (κ3) is 4.89. The summed E-state index contributed by atoms with van der Waals surface area (Å²) in [6.07, 6.45) is 0.501. The summed E-state index contributed by atoms with van der Waals surface area (Å²) < 4.78 is 35.9. The molecule has 2 aromatic rings. The highest BCUT2D eigenvalue weighted by Crippen LogP contribution is 2.28. The lowest BCUT2D eigenvalue weighted by atomic mass is 10.1. The van der Waals surface area contributed by atoms with Crippen LogP contribution in [0.3, 0.4) is 0 Å². The van der Waals surface area contributed by atoms with Gasteiger partial charge >= 0.3 is 0 Å². The number of hydrazine groups is 1. The lowest BCUT2D eigenvalue weighted by Crippen LogP contribution is -2.42. The topological polar surface area (TPSA) is 105 Å². The van der Waals surface area contributed by atoms with E-state index >= 15 is 0 Å². The van der Waals surface area contributed by atoms with Crippen molar-refractivity contribution in [3.05, 3.63) is 40.7 Å². The molecule has 1 aromatic heterocycles. The van der Waals surface area contributed by atoms with Gasteiger partial charge in [-0.3, -0.25) is 20.4 Å². The Labute approximate surface area is 159 Å². The molecule has 1 fully saturated rings. The van der Waals surface area contributed by atoms with Gasteiger partial charge in [0, 0.05) is 12.0 Å². The van der Waals surface area contributed by atoms with Gasteiger partial charge in [0.15, 0.2) is 9.84 Å². The minimum atomic E-state index is -3.04. The normalized spacial score (nSPS) is 18.2. The van der Waals surface area contributed by atoms with E-state index in [1.165, 1.54) is 12.1 Å². The Hall–Kier alpha value is -2.33. The first-order chi connectivity index (χ1) is 12.7. The second-order valence-corrected chi connectivity index (χ2v) is 9.64. The summed E-state index contributed by atoms with van der Waals surface area (Å²) in [6.45, 7) is 1.67. The zero-order valence-corrected chi connectivity index (χ0v) is 16.1. The van der Waals surface area contributed by atoms with Crippen molar-refractivity contribution in [1.82, 2.24) is 15.8 Å². The van der Waals surface area contributed by atoms with Gasteiger partial charge in [0.1, 0.15) is 15.7 Å². The molecule has 1 saturated heterocycles. The number of halogens is 1. The van der Waals surface area contributed by atoms with Gasteiger partial charge in [0.2, 0.25) is 5.91 Å². The van der Waals surface area contributed by atoms with Crippen molar-refractivity contribution >= 4 is 33.0 Å². The lowest BCUT2D eigenvalue weighted by molar-refractivity contribution is -0.122. The average Bonchev–Trinajstić information content (AvgIpc) is 3.15. The van der Waals surface area contributed by atoms with Crippen molar-refractivity contribution < 1.29 is 22.4 Å². The number of aromatic nitrogens is 1. The number of amides is 2. The minimum absolute atomic E-state index is 0.00332. The van der Waals surface area contributed by atoms with Crippen molar-refractivity contribution in [2.75, 3.05) is 11.5 Å². The molecule has 144 valence electrons. The molecule has 2 amide bonds. The van der Waals surface area contributed by atoms with Crippen molar-refractivity contribution in [3.8, 4) is 10.6 Å². The molecule has 0 saturated carbocycles. The Morgan fingerprint density at radius 2 is 1.96 bits per heavy atom. The first kappa shape index (κ1) is 19.4. The number of thiazole rings is 1. The maximum absolute atomic E-state index is 13.0. The van der Waals surface area contributed by atoms with E-state index in [2.05, 4.69) is 15.8 Å². The summed E-state index contributed by atoms with van der Waals surface area (Å²) >= 11 is 1.13. The first-order valence-electron chi connectivity index (χ1n) is 8.26. The summed E-state index contributed by atoms with van der Waals surface area (Å²) in [5.41, 5.74) is 5.83. The van der Waals surface area contributed by atoms with Crippen LogP contribution in [0, 0.1) is 18.7 Å². The summed E-state index contributed by atoms with van der Waals surface area (Å²) in [6, 6.07) is 5.78. The van der Waals surface area contributed by atoms with Crippen LogP contribution in [0.25, 0.3) is 10.6 Å². The third-order valence-corrected chi connectivity index (χ3v) is 7.25. The number of hydrogen-bond donors (Lipinski definition) is 2. The highest BCUT2D eigenvalue weighted by molar-refractivity contribution is 7.91. The fraction of sp³-hybridized carbons (Fsp3) is 0.353. The molecule has 3 rings (SSSR count). The Kier molecular flexibility index (Phi) is 5.56. The van der Waals surface area contributed by atoms with E-state index < -0.39 is 21.7 Å². The molecule has 2 N–H and O–H groups in total. The Balaban J connectivity index is 1.58. The van der Waals surface area contributed by atoms with Crippen LogP contribution in [-0.4, -0.2) is 36.7 Å².